The molecule has 178 valence electrons. The Bertz CT molecular complexity index is 1160. The Hall–Kier alpha value is -3.85. The van der Waals surface area contributed by atoms with Gasteiger partial charge in [-0.3, -0.25) is 10.0 Å². The minimum atomic E-state index is -0.278. The summed E-state index contributed by atoms with van der Waals surface area (Å²) in [4.78, 5) is 6.61. The molecule has 0 bridgehead atoms. The van der Waals surface area contributed by atoms with Gasteiger partial charge in [0.1, 0.15) is 18.2 Å². The van der Waals surface area contributed by atoms with Crippen molar-refractivity contribution in [1.82, 2.24) is 5.01 Å². The van der Waals surface area contributed by atoms with Crippen LogP contribution in [0.25, 0.3) is 6.08 Å². The quantitative estimate of drug-likeness (QED) is 0.476. The van der Waals surface area contributed by atoms with Gasteiger partial charge in [-0.1, -0.05) is 6.07 Å². The maximum Gasteiger partial charge on any atom is 0.191 e. The molecule has 9 heteroatoms. The average Bonchev–Trinajstić information content (AvgIpc) is 2.83. The molecule has 2 aromatic carbocycles. The van der Waals surface area contributed by atoms with Crippen molar-refractivity contribution in [3.05, 3.63) is 71.5 Å². The van der Waals surface area contributed by atoms with E-state index in [0.717, 1.165) is 22.6 Å². The van der Waals surface area contributed by atoms with Crippen molar-refractivity contribution in [3.63, 3.8) is 0 Å². The molecule has 0 radical (unpaired) electrons. The number of morpholine rings is 1. The van der Waals surface area contributed by atoms with Crippen LogP contribution in [-0.2, 0) is 4.74 Å². The van der Waals surface area contributed by atoms with E-state index in [1.165, 1.54) is 12.1 Å². The van der Waals surface area contributed by atoms with E-state index in [-0.39, 0.29) is 12.5 Å². The molecule has 8 nitrogen and oxygen atoms in total. The smallest absolute Gasteiger partial charge is 0.191 e. The zero-order chi connectivity index (χ0) is 24.2. The molecule has 0 aromatic heterocycles. The number of rotatable bonds is 7. The summed E-state index contributed by atoms with van der Waals surface area (Å²) in [6.07, 6.45) is 3.84. The number of ether oxygens (including phenoxy) is 2. The van der Waals surface area contributed by atoms with Crippen LogP contribution in [0.15, 0.2) is 65.1 Å². The monoisotopic (exact) mass is 464 g/mol. The summed E-state index contributed by atoms with van der Waals surface area (Å²) in [5.74, 6) is 1.69. The number of anilines is 2. The number of hydrazine groups is 1. The fraction of sp³-hybridized carbons (Fsp3) is 0.280. The molecule has 2 heterocycles. The van der Waals surface area contributed by atoms with Crippen LogP contribution in [0.5, 0.6) is 5.75 Å². The first kappa shape index (κ1) is 23.3. The Morgan fingerprint density at radius 1 is 1.29 bits per heavy atom. The van der Waals surface area contributed by atoms with Gasteiger partial charge in [0, 0.05) is 11.9 Å². The molecular weight excluding hydrogens is 435 g/mol. The first-order valence-corrected chi connectivity index (χ1v) is 11.0. The van der Waals surface area contributed by atoms with Crippen LogP contribution in [0.1, 0.15) is 19.4 Å². The number of methoxy groups -OCH3 is 1. The van der Waals surface area contributed by atoms with Crippen LogP contribution in [0.3, 0.4) is 0 Å². The van der Waals surface area contributed by atoms with Gasteiger partial charge in [0.05, 0.1) is 43.9 Å². The van der Waals surface area contributed by atoms with Crippen LogP contribution in [-0.4, -0.2) is 50.0 Å². The molecule has 34 heavy (non-hydrogen) atoms. The minimum Gasteiger partial charge on any atom is -0.495 e. The average molecular weight is 465 g/mol. The second kappa shape index (κ2) is 9.96. The van der Waals surface area contributed by atoms with Gasteiger partial charge in [-0.2, -0.15) is 0 Å². The normalized spacial score (nSPS) is 16.4. The van der Waals surface area contributed by atoms with Crippen LogP contribution in [0.4, 0.5) is 15.8 Å². The van der Waals surface area contributed by atoms with Crippen molar-refractivity contribution in [2.75, 3.05) is 43.4 Å². The van der Waals surface area contributed by atoms with Gasteiger partial charge >= 0.3 is 0 Å². The van der Waals surface area contributed by atoms with Crippen molar-refractivity contribution in [3.8, 4) is 5.75 Å². The summed E-state index contributed by atoms with van der Waals surface area (Å²) in [5.41, 5.74) is 9.76. The number of benzene rings is 2. The molecule has 1 saturated heterocycles. The standard InChI is InChI=1S/C25H29FN6O2/c1-17(28)14-30(16-27)22-9-4-19(12-23(22)33-3)13-24-25-29-18(2)15-32(31(25)10-11-34-24)21-7-5-20(26)6-8-21/h4-9,12-13,15,28H,10-11,14,16,27H2,1-3H3. The summed E-state index contributed by atoms with van der Waals surface area (Å²) in [6.45, 7) is 5.44. The largest absolute Gasteiger partial charge is 0.495 e. The second-order valence-electron chi connectivity index (χ2n) is 8.10. The topological polar surface area (TPSA) is 90.4 Å². The highest BCUT2D eigenvalue weighted by Crippen LogP contribution is 2.32. The first-order valence-electron chi connectivity index (χ1n) is 11.0. The van der Waals surface area contributed by atoms with Gasteiger partial charge in [-0.15, -0.1) is 0 Å². The number of hydrogen-bond acceptors (Lipinski definition) is 8. The molecule has 0 aliphatic carbocycles. The Morgan fingerprint density at radius 2 is 2.06 bits per heavy atom. The molecule has 4 rings (SSSR count). The number of halogens is 1. The van der Waals surface area contributed by atoms with Crippen molar-refractivity contribution in [1.29, 1.82) is 5.41 Å². The maximum atomic E-state index is 13.5. The van der Waals surface area contributed by atoms with Gasteiger partial charge in [-0.05, 0) is 61.9 Å². The van der Waals surface area contributed by atoms with Gasteiger partial charge in [0.25, 0.3) is 0 Å². The zero-order valence-electron chi connectivity index (χ0n) is 19.6. The van der Waals surface area contributed by atoms with E-state index < -0.39 is 0 Å². The molecule has 0 amide bonds. The van der Waals surface area contributed by atoms with Gasteiger partial charge in [-0.25, -0.2) is 9.38 Å². The van der Waals surface area contributed by atoms with Crippen molar-refractivity contribution < 1.29 is 13.9 Å². The number of nitrogens with one attached hydrogen (secondary N) is 1. The lowest BCUT2D eigenvalue weighted by atomic mass is 10.1. The van der Waals surface area contributed by atoms with Crippen LogP contribution in [0.2, 0.25) is 0 Å². The van der Waals surface area contributed by atoms with Crippen LogP contribution in [0, 0.1) is 11.2 Å². The summed E-state index contributed by atoms with van der Waals surface area (Å²) < 4.78 is 25.1. The zero-order valence-corrected chi connectivity index (χ0v) is 19.6. The number of allylic oxidation sites excluding steroid dienone is 1. The van der Waals surface area contributed by atoms with Crippen LogP contribution < -0.4 is 20.4 Å². The SMILES string of the molecule is COc1cc(C=C2OCCN3C2=NC(C)=CN3c2ccc(F)cc2)ccc1N(CN)CC(C)=N. The van der Waals surface area contributed by atoms with E-state index in [4.69, 9.17) is 25.6 Å². The van der Waals surface area contributed by atoms with E-state index >= 15 is 0 Å². The Labute approximate surface area is 198 Å². The highest BCUT2D eigenvalue weighted by Gasteiger charge is 2.30. The third-order valence-electron chi connectivity index (χ3n) is 5.46. The van der Waals surface area contributed by atoms with E-state index in [2.05, 4.69) is 0 Å². The molecule has 1 fully saturated rings. The first-order chi connectivity index (χ1) is 16.4. The minimum absolute atomic E-state index is 0.271. The number of fused-ring (bicyclic) bond motifs is 1. The molecule has 2 aliphatic heterocycles. The lowest BCUT2D eigenvalue weighted by Gasteiger charge is -2.41. The Kier molecular flexibility index (Phi) is 6.83. The molecule has 2 aromatic rings. The third-order valence-corrected chi connectivity index (χ3v) is 5.46. The molecular formula is C25H29FN6O2. The fourth-order valence-electron chi connectivity index (χ4n) is 3.95. The summed E-state index contributed by atoms with van der Waals surface area (Å²) in [6, 6.07) is 12.2. The van der Waals surface area contributed by atoms with Gasteiger partial charge < -0.3 is 25.5 Å². The predicted molar refractivity (Wildman–Crippen MR) is 134 cm³/mol. The molecule has 0 spiro atoms. The van der Waals surface area contributed by atoms with Gasteiger partial charge in [0.15, 0.2) is 11.6 Å². The lowest BCUT2D eigenvalue weighted by molar-refractivity contribution is 0.168. The maximum absolute atomic E-state index is 13.5. The van der Waals surface area contributed by atoms with Crippen molar-refractivity contribution >= 4 is 29.0 Å². The van der Waals surface area contributed by atoms with E-state index in [1.807, 2.05) is 52.3 Å². The number of nitrogens with zero attached hydrogens (tertiary/aromatic N) is 4. The fourth-order valence-corrected chi connectivity index (χ4v) is 3.95. The van der Waals surface area contributed by atoms with E-state index in [9.17, 15) is 4.39 Å². The highest BCUT2D eigenvalue weighted by atomic mass is 19.1. The molecule has 0 saturated carbocycles. The summed E-state index contributed by atoms with van der Waals surface area (Å²) in [7, 11) is 1.61. The number of nitrogens with two attached hydrogens (primary N) is 1. The Morgan fingerprint density at radius 3 is 2.74 bits per heavy atom. The lowest BCUT2D eigenvalue weighted by Crippen LogP contribution is -2.51. The van der Waals surface area contributed by atoms with Crippen LogP contribution >= 0.6 is 0 Å². The Balaban J connectivity index is 1.66. The summed E-state index contributed by atoms with van der Waals surface area (Å²) in [5, 5.41) is 11.8. The van der Waals surface area contributed by atoms with E-state index in [1.54, 1.807) is 26.2 Å². The molecule has 0 unspecified atom stereocenters. The van der Waals surface area contributed by atoms with Gasteiger partial charge in [0.2, 0.25) is 0 Å². The summed E-state index contributed by atoms with van der Waals surface area (Å²) >= 11 is 0. The predicted octanol–water partition coefficient (Wildman–Crippen LogP) is 3.96. The molecule has 2 aliphatic rings. The number of amidine groups is 1. The molecule has 3 N–H and O–H groups in total. The van der Waals surface area contributed by atoms with Crippen molar-refractivity contribution in [2.24, 2.45) is 10.7 Å². The second-order valence-corrected chi connectivity index (χ2v) is 8.10. The van der Waals surface area contributed by atoms with E-state index in [0.29, 0.717) is 42.8 Å². The number of aliphatic imine (C=N–C) groups is 1. The third kappa shape index (κ3) is 4.89. The molecule has 0 atom stereocenters. The van der Waals surface area contributed by atoms with Crippen molar-refractivity contribution in [2.45, 2.75) is 13.8 Å². The number of hydrogen-bond donors (Lipinski definition) is 2. The highest BCUT2D eigenvalue weighted by molar-refractivity contribution is 6.03.